The Hall–Kier alpha value is -2.67. The van der Waals surface area contributed by atoms with Crippen molar-refractivity contribution in [2.75, 3.05) is 14.1 Å². The zero-order chi connectivity index (χ0) is 27.3. The highest BCUT2D eigenvalue weighted by Crippen LogP contribution is 2.29. The summed E-state index contributed by atoms with van der Waals surface area (Å²) in [6, 6.07) is 6.27. The second-order valence-electron chi connectivity index (χ2n) is 11.5. The van der Waals surface area contributed by atoms with Crippen molar-refractivity contribution in [3.63, 3.8) is 0 Å². The van der Waals surface area contributed by atoms with Gasteiger partial charge in [-0.1, -0.05) is 84.4 Å². The number of nitrogens with zero attached hydrogens (tertiary/aromatic N) is 1. The summed E-state index contributed by atoms with van der Waals surface area (Å²) >= 11 is 0. The van der Waals surface area contributed by atoms with Gasteiger partial charge in [0.2, 0.25) is 11.8 Å². The van der Waals surface area contributed by atoms with Gasteiger partial charge < -0.3 is 20.6 Å². The molecule has 0 heterocycles. The third-order valence-electron chi connectivity index (χ3n) is 6.67. The van der Waals surface area contributed by atoms with Crippen molar-refractivity contribution >= 4 is 17.8 Å². The summed E-state index contributed by atoms with van der Waals surface area (Å²) in [7, 11) is 3.41. The minimum Gasteiger partial charge on any atom is -0.478 e. The van der Waals surface area contributed by atoms with Crippen LogP contribution in [0.5, 0.6) is 0 Å². The summed E-state index contributed by atoms with van der Waals surface area (Å²) in [6.45, 7) is 17.2. The molecule has 1 rings (SSSR count). The first-order valence-electron chi connectivity index (χ1n) is 12.2. The summed E-state index contributed by atoms with van der Waals surface area (Å²) in [5, 5.41) is 15.5. The minimum atomic E-state index is -1.02. The third kappa shape index (κ3) is 7.66. The molecule has 0 saturated heterocycles. The van der Waals surface area contributed by atoms with E-state index in [2.05, 4.69) is 16.7 Å². The van der Waals surface area contributed by atoms with Gasteiger partial charge in [-0.2, -0.15) is 0 Å². The van der Waals surface area contributed by atoms with Crippen LogP contribution in [0, 0.1) is 18.3 Å². The molecular formula is C28H45N3O4. The molecule has 0 bridgehead atoms. The average molecular weight is 488 g/mol. The minimum absolute atomic E-state index is 0.0140. The number of aliphatic carboxylic acids is 1. The van der Waals surface area contributed by atoms with E-state index in [0.29, 0.717) is 0 Å². The van der Waals surface area contributed by atoms with Crippen LogP contribution in [0.1, 0.15) is 66.5 Å². The summed E-state index contributed by atoms with van der Waals surface area (Å²) in [5.41, 5.74) is 1.20. The van der Waals surface area contributed by atoms with Gasteiger partial charge in [0.05, 0.1) is 12.1 Å². The summed E-state index contributed by atoms with van der Waals surface area (Å²) in [4.78, 5) is 40.3. The molecule has 1 aromatic carbocycles. The number of hydrogen-bond donors (Lipinski definition) is 3. The predicted octanol–water partition coefficient (Wildman–Crippen LogP) is 3.91. The highest BCUT2D eigenvalue weighted by molar-refractivity contribution is 5.91. The quantitative estimate of drug-likeness (QED) is 0.435. The molecular weight excluding hydrogens is 442 g/mol. The van der Waals surface area contributed by atoms with E-state index in [0.717, 1.165) is 11.1 Å². The van der Waals surface area contributed by atoms with Crippen LogP contribution in [0.15, 0.2) is 35.9 Å². The van der Waals surface area contributed by atoms with Crippen LogP contribution in [-0.2, 0) is 19.8 Å². The molecule has 3 N–H and O–H groups in total. The van der Waals surface area contributed by atoms with Gasteiger partial charge in [0.1, 0.15) is 6.04 Å². The lowest BCUT2D eigenvalue weighted by molar-refractivity contribution is -0.141. The fourth-order valence-corrected chi connectivity index (χ4v) is 4.34. The van der Waals surface area contributed by atoms with Crippen molar-refractivity contribution in [1.82, 2.24) is 15.5 Å². The van der Waals surface area contributed by atoms with E-state index in [4.69, 9.17) is 0 Å². The summed E-state index contributed by atoms with van der Waals surface area (Å²) in [6.07, 6.45) is 1.60. The topological polar surface area (TPSA) is 98.7 Å². The van der Waals surface area contributed by atoms with Crippen molar-refractivity contribution in [2.45, 2.75) is 85.9 Å². The van der Waals surface area contributed by atoms with Gasteiger partial charge >= 0.3 is 5.97 Å². The molecule has 0 spiro atoms. The third-order valence-corrected chi connectivity index (χ3v) is 6.67. The second kappa shape index (κ2) is 11.8. The highest BCUT2D eigenvalue weighted by atomic mass is 16.4. The van der Waals surface area contributed by atoms with E-state index in [1.165, 1.54) is 6.92 Å². The Kier molecular flexibility index (Phi) is 10.3. The Balaban J connectivity index is 3.32. The molecule has 0 aliphatic heterocycles. The molecule has 35 heavy (non-hydrogen) atoms. The molecule has 0 saturated carbocycles. The Bertz CT molecular complexity index is 944. The van der Waals surface area contributed by atoms with Crippen LogP contribution < -0.4 is 10.6 Å². The van der Waals surface area contributed by atoms with E-state index < -0.39 is 34.9 Å². The van der Waals surface area contributed by atoms with Gasteiger partial charge in [-0.3, -0.25) is 9.59 Å². The molecule has 0 aliphatic carbocycles. The maximum atomic E-state index is 13.7. The SMILES string of the molecule is CN[C@@H](C(=O)NC(C(=O)N(C)[C@H](/C=C(\C)C(=O)O)C(C)C)C(C)(C)C)C(C)(C)c1cccc(C)c1. The predicted molar refractivity (Wildman–Crippen MR) is 141 cm³/mol. The van der Waals surface area contributed by atoms with Gasteiger partial charge in [-0.25, -0.2) is 4.79 Å². The number of benzene rings is 1. The highest BCUT2D eigenvalue weighted by Gasteiger charge is 2.41. The van der Waals surface area contributed by atoms with Gasteiger partial charge in [-0.15, -0.1) is 0 Å². The number of aryl methyl sites for hydroxylation is 1. The summed E-state index contributed by atoms with van der Waals surface area (Å²) < 4.78 is 0. The van der Waals surface area contributed by atoms with Crippen molar-refractivity contribution in [3.05, 3.63) is 47.0 Å². The molecule has 0 aliphatic rings. The van der Waals surface area contributed by atoms with Crippen molar-refractivity contribution in [2.24, 2.45) is 11.3 Å². The lowest BCUT2D eigenvalue weighted by Gasteiger charge is -2.40. The van der Waals surface area contributed by atoms with E-state index in [1.54, 1.807) is 25.1 Å². The smallest absolute Gasteiger partial charge is 0.331 e. The Morgan fingerprint density at radius 1 is 1.06 bits per heavy atom. The van der Waals surface area contributed by atoms with Crippen LogP contribution in [0.3, 0.4) is 0 Å². The van der Waals surface area contributed by atoms with Gasteiger partial charge in [0.25, 0.3) is 0 Å². The molecule has 7 nitrogen and oxygen atoms in total. The van der Waals surface area contributed by atoms with Crippen molar-refractivity contribution < 1.29 is 19.5 Å². The number of nitrogens with one attached hydrogen (secondary N) is 2. The molecule has 0 fully saturated rings. The molecule has 0 aromatic heterocycles. The second-order valence-corrected chi connectivity index (χ2v) is 11.5. The number of rotatable bonds is 10. The number of hydrogen-bond acceptors (Lipinski definition) is 4. The molecule has 196 valence electrons. The van der Waals surface area contributed by atoms with E-state index in [-0.39, 0.29) is 23.3 Å². The molecule has 0 radical (unpaired) electrons. The summed E-state index contributed by atoms with van der Waals surface area (Å²) in [5.74, 6) is -1.56. The van der Waals surface area contributed by atoms with Crippen LogP contribution in [0.4, 0.5) is 0 Å². The van der Waals surface area contributed by atoms with Gasteiger partial charge in [-0.05, 0) is 37.8 Å². The monoisotopic (exact) mass is 487 g/mol. The standard InChI is InChI=1S/C28H45N3O4/c1-17(2)21(16-19(4)26(34)35)31(11)25(33)23(27(5,6)7)30-24(32)22(29-10)28(8,9)20-14-12-13-18(3)15-20/h12-17,21-23,29H,1-11H3,(H,30,32)(H,34,35)/b19-16+/t21-,22+,23?/m1/s1. The van der Waals surface area contributed by atoms with E-state index >= 15 is 0 Å². The number of carbonyl (C=O) groups excluding carboxylic acids is 2. The van der Waals surface area contributed by atoms with Crippen molar-refractivity contribution in [1.29, 1.82) is 0 Å². The number of carboxylic acids is 1. The molecule has 7 heteroatoms. The number of carboxylic acid groups (broad SMARTS) is 1. The lowest BCUT2D eigenvalue weighted by atomic mass is 9.76. The van der Waals surface area contributed by atoms with Gasteiger partial charge in [0.15, 0.2) is 0 Å². The molecule has 1 unspecified atom stereocenters. The fraction of sp³-hybridized carbons (Fsp3) is 0.607. The van der Waals surface area contributed by atoms with Crippen LogP contribution in [0.25, 0.3) is 0 Å². The van der Waals surface area contributed by atoms with E-state index in [1.807, 2.05) is 73.6 Å². The number of carbonyl (C=O) groups is 3. The first-order chi connectivity index (χ1) is 15.9. The normalized spacial score (nSPS) is 15.4. The number of amides is 2. The van der Waals surface area contributed by atoms with Crippen LogP contribution in [0.2, 0.25) is 0 Å². The molecule has 3 atom stereocenters. The Morgan fingerprint density at radius 3 is 2.06 bits per heavy atom. The maximum Gasteiger partial charge on any atom is 0.331 e. The van der Waals surface area contributed by atoms with Crippen molar-refractivity contribution in [3.8, 4) is 0 Å². The first-order valence-corrected chi connectivity index (χ1v) is 12.2. The lowest BCUT2D eigenvalue weighted by Crippen LogP contribution is -2.61. The maximum absolute atomic E-state index is 13.7. The zero-order valence-electron chi connectivity index (χ0n) is 23.3. The molecule has 2 amide bonds. The van der Waals surface area contributed by atoms with E-state index in [9.17, 15) is 19.5 Å². The van der Waals surface area contributed by atoms with Crippen LogP contribution >= 0.6 is 0 Å². The van der Waals surface area contributed by atoms with Crippen LogP contribution in [-0.4, -0.2) is 60.0 Å². The fourth-order valence-electron chi connectivity index (χ4n) is 4.34. The largest absolute Gasteiger partial charge is 0.478 e. The Morgan fingerprint density at radius 2 is 1.63 bits per heavy atom. The Labute approximate surface area is 211 Å². The average Bonchev–Trinajstić information content (AvgIpc) is 2.73. The zero-order valence-corrected chi connectivity index (χ0v) is 23.3. The molecule has 1 aromatic rings. The number of likely N-dealkylation sites (N-methyl/N-ethyl adjacent to an activating group) is 2. The van der Waals surface area contributed by atoms with Gasteiger partial charge in [0, 0.05) is 18.0 Å². The first kappa shape index (κ1) is 30.4.